The Morgan fingerprint density at radius 3 is 2.41 bits per heavy atom. The van der Waals surface area contributed by atoms with Gasteiger partial charge >= 0.3 is 0 Å². The minimum Gasteiger partial charge on any atom is -0.308 e. The van der Waals surface area contributed by atoms with E-state index in [1.165, 1.54) is 6.07 Å². The molecule has 0 aliphatic heterocycles. The van der Waals surface area contributed by atoms with E-state index >= 15 is 0 Å². The van der Waals surface area contributed by atoms with Gasteiger partial charge in [-0.3, -0.25) is 14.9 Å². The topological polar surface area (TPSA) is 63.5 Å². The molecule has 22 heavy (non-hydrogen) atoms. The molecule has 0 fully saturated rings. The van der Waals surface area contributed by atoms with Crippen molar-refractivity contribution >= 4 is 17.3 Å². The van der Waals surface area contributed by atoms with E-state index in [-0.39, 0.29) is 18.0 Å². The maximum Gasteiger partial charge on any atom is 0.273 e. The lowest BCUT2D eigenvalue weighted by Crippen LogP contribution is -2.32. The first-order valence-electron chi connectivity index (χ1n) is 6.82. The quantitative estimate of drug-likeness (QED) is 0.466. The zero-order valence-electron chi connectivity index (χ0n) is 12.0. The molecule has 0 saturated heterocycles. The fourth-order valence-corrected chi connectivity index (χ4v) is 2.19. The minimum absolute atomic E-state index is 0.0279. The molecule has 2 aromatic rings. The van der Waals surface area contributed by atoms with Crippen molar-refractivity contribution in [3.63, 3.8) is 0 Å². The van der Waals surface area contributed by atoms with E-state index in [0.29, 0.717) is 12.1 Å². The molecule has 0 heterocycles. The highest BCUT2D eigenvalue weighted by atomic mass is 16.6. The summed E-state index contributed by atoms with van der Waals surface area (Å²) in [5.74, 6) is -0.208. The normalized spacial score (nSPS) is 10.0. The van der Waals surface area contributed by atoms with Crippen LogP contribution >= 0.6 is 0 Å². The van der Waals surface area contributed by atoms with E-state index in [1.807, 2.05) is 30.3 Å². The molecule has 0 bridgehead atoms. The molecule has 112 valence electrons. The van der Waals surface area contributed by atoms with Gasteiger partial charge in [0, 0.05) is 23.9 Å². The molecular formula is C17H16N2O3. The van der Waals surface area contributed by atoms with Crippen LogP contribution in [0.3, 0.4) is 0 Å². The highest BCUT2D eigenvalue weighted by Crippen LogP contribution is 2.21. The van der Waals surface area contributed by atoms with E-state index in [1.54, 1.807) is 29.2 Å². The Balaban J connectivity index is 2.26. The fourth-order valence-electron chi connectivity index (χ4n) is 2.19. The zero-order chi connectivity index (χ0) is 15.9. The monoisotopic (exact) mass is 296 g/mol. The van der Waals surface area contributed by atoms with Crippen LogP contribution < -0.4 is 4.90 Å². The van der Waals surface area contributed by atoms with Crippen LogP contribution in [-0.4, -0.2) is 17.4 Å². The SMILES string of the molecule is C=CCN(C(=O)Cc1ccccc1[N+](=O)[O-])c1ccccc1. The van der Waals surface area contributed by atoms with Crippen LogP contribution in [-0.2, 0) is 11.2 Å². The van der Waals surface area contributed by atoms with E-state index in [9.17, 15) is 14.9 Å². The van der Waals surface area contributed by atoms with Crippen LogP contribution in [0.2, 0.25) is 0 Å². The number of hydrogen-bond donors (Lipinski definition) is 0. The van der Waals surface area contributed by atoms with E-state index in [4.69, 9.17) is 0 Å². The van der Waals surface area contributed by atoms with Gasteiger partial charge in [0.25, 0.3) is 5.69 Å². The summed E-state index contributed by atoms with van der Waals surface area (Å²) in [5, 5.41) is 11.0. The highest BCUT2D eigenvalue weighted by molar-refractivity contribution is 5.95. The summed E-state index contributed by atoms with van der Waals surface area (Å²) in [7, 11) is 0. The number of amides is 1. The summed E-state index contributed by atoms with van der Waals surface area (Å²) in [6.45, 7) is 4.01. The number of nitro groups is 1. The van der Waals surface area contributed by atoms with Crippen molar-refractivity contribution in [1.82, 2.24) is 0 Å². The lowest BCUT2D eigenvalue weighted by atomic mass is 10.1. The Kier molecular flexibility index (Phi) is 5.03. The third-order valence-electron chi connectivity index (χ3n) is 3.21. The Bertz CT molecular complexity index is 683. The molecule has 0 N–H and O–H groups in total. The molecule has 0 saturated carbocycles. The van der Waals surface area contributed by atoms with Crippen molar-refractivity contribution in [3.8, 4) is 0 Å². The van der Waals surface area contributed by atoms with Crippen LogP contribution in [0.4, 0.5) is 11.4 Å². The van der Waals surface area contributed by atoms with Gasteiger partial charge in [-0.1, -0.05) is 42.5 Å². The number of carbonyl (C=O) groups excluding carboxylic acids is 1. The first kappa shape index (κ1) is 15.4. The molecule has 0 spiro atoms. The lowest BCUT2D eigenvalue weighted by Gasteiger charge is -2.21. The Morgan fingerprint density at radius 1 is 1.14 bits per heavy atom. The van der Waals surface area contributed by atoms with Crippen molar-refractivity contribution in [1.29, 1.82) is 0 Å². The number of carbonyl (C=O) groups is 1. The van der Waals surface area contributed by atoms with Crippen LogP contribution in [0.1, 0.15) is 5.56 Å². The van der Waals surface area contributed by atoms with Gasteiger partial charge < -0.3 is 4.90 Å². The minimum atomic E-state index is -0.469. The van der Waals surface area contributed by atoms with Gasteiger partial charge in [0.05, 0.1) is 11.3 Å². The van der Waals surface area contributed by atoms with Crippen LogP contribution in [0.5, 0.6) is 0 Å². The molecule has 2 rings (SSSR count). The van der Waals surface area contributed by atoms with Gasteiger partial charge in [0.15, 0.2) is 0 Å². The standard InChI is InChI=1S/C17H16N2O3/c1-2-12-18(15-9-4-3-5-10-15)17(20)13-14-8-6-7-11-16(14)19(21)22/h2-11H,1,12-13H2. The molecule has 0 aliphatic rings. The van der Waals surface area contributed by atoms with Crippen molar-refractivity contribution in [2.45, 2.75) is 6.42 Å². The maximum atomic E-state index is 12.5. The maximum absolute atomic E-state index is 12.5. The average Bonchev–Trinajstić information content (AvgIpc) is 2.53. The summed E-state index contributed by atoms with van der Waals surface area (Å²) in [6.07, 6.45) is 1.60. The van der Waals surface area contributed by atoms with Crippen molar-refractivity contribution in [2.24, 2.45) is 0 Å². The van der Waals surface area contributed by atoms with Crippen molar-refractivity contribution in [2.75, 3.05) is 11.4 Å². The number of rotatable bonds is 6. The second-order valence-electron chi connectivity index (χ2n) is 4.69. The Hall–Kier alpha value is -2.95. The van der Waals surface area contributed by atoms with Gasteiger partial charge in [-0.2, -0.15) is 0 Å². The van der Waals surface area contributed by atoms with Crippen LogP contribution in [0, 0.1) is 10.1 Å². The average molecular weight is 296 g/mol. The predicted molar refractivity (Wildman–Crippen MR) is 85.8 cm³/mol. The molecule has 0 unspecified atom stereocenters. The highest BCUT2D eigenvalue weighted by Gasteiger charge is 2.20. The van der Waals surface area contributed by atoms with Gasteiger partial charge in [-0.05, 0) is 12.1 Å². The molecule has 1 amide bonds. The first-order valence-corrected chi connectivity index (χ1v) is 6.82. The predicted octanol–water partition coefficient (Wildman–Crippen LogP) is 3.36. The fraction of sp³-hybridized carbons (Fsp3) is 0.118. The zero-order valence-corrected chi connectivity index (χ0v) is 12.0. The summed E-state index contributed by atoms with van der Waals surface area (Å²) in [4.78, 5) is 24.7. The van der Waals surface area contributed by atoms with Crippen LogP contribution in [0.15, 0.2) is 67.3 Å². The molecule has 0 radical (unpaired) electrons. The largest absolute Gasteiger partial charge is 0.308 e. The molecule has 0 aliphatic carbocycles. The number of hydrogen-bond acceptors (Lipinski definition) is 3. The Morgan fingerprint density at radius 2 is 1.77 bits per heavy atom. The summed E-state index contributed by atoms with van der Waals surface area (Å²) >= 11 is 0. The molecule has 0 aromatic heterocycles. The number of nitrogens with zero attached hydrogens (tertiary/aromatic N) is 2. The third-order valence-corrected chi connectivity index (χ3v) is 3.21. The molecule has 5 nitrogen and oxygen atoms in total. The van der Waals surface area contributed by atoms with Crippen molar-refractivity contribution < 1.29 is 9.72 Å². The van der Waals surface area contributed by atoms with Crippen molar-refractivity contribution in [3.05, 3.63) is 82.9 Å². The van der Waals surface area contributed by atoms with Crippen LogP contribution in [0.25, 0.3) is 0 Å². The molecule has 5 heteroatoms. The number of anilines is 1. The molecule has 0 atom stereocenters. The Labute approximate surface area is 128 Å². The van der Waals surface area contributed by atoms with E-state index in [2.05, 4.69) is 6.58 Å². The molecule has 2 aromatic carbocycles. The second kappa shape index (κ2) is 7.17. The first-order chi connectivity index (χ1) is 10.6. The van der Waals surface area contributed by atoms with E-state index in [0.717, 1.165) is 5.69 Å². The summed E-state index contributed by atoms with van der Waals surface area (Å²) in [6, 6.07) is 15.5. The summed E-state index contributed by atoms with van der Waals surface area (Å²) in [5.41, 5.74) is 1.11. The lowest BCUT2D eigenvalue weighted by molar-refractivity contribution is -0.385. The number of nitro benzene ring substituents is 1. The number of para-hydroxylation sites is 2. The van der Waals surface area contributed by atoms with Gasteiger partial charge in [0.2, 0.25) is 5.91 Å². The van der Waals surface area contributed by atoms with Gasteiger partial charge in [0.1, 0.15) is 0 Å². The smallest absolute Gasteiger partial charge is 0.273 e. The van der Waals surface area contributed by atoms with Gasteiger partial charge in [-0.25, -0.2) is 0 Å². The van der Waals surface area contributed by atoms with Gasteiger partial charge in [-0.15, -0.1) is 6.58 Å². The molecular weight excluding hydrogens is 280 g/mol. The van der Waals surface area contributed by atoms with E-state index < -0.39 is 4.92 Å². The summed E-state index contributed by atoms with van der Waals surface area (Å²) < 4.78 is 0. The number of benzene rings is 2. The second-order valence-corrected chi connectivity index (χ2v) is 4.69. The third kappa shape index (κ3) is 3.58.